The Morgan fingerprint density at radius 3 is 2.72 bits per heavy atom. The lowest BCUT2D eigenvalue weighted by atomic mass is 10.1. The number of hydrogen-bond acceptors (Lipinski definition) is 3. The van der Waals surface area contributed by atoms with E-state index in [9.17, 15) is 9.59 Å². The number of H-pyrrole nitrogens is 1. The maximum absolute atomic E-state index is 11.5. The maximum Gasteiger partial charge on any atom is 0.326 e. The molecule has 4 N–H and O–H groups in total. The Balaban J connectivity index is 2.48. The quantitative estimate of drug-likeness (QED) is 0.588. The second kappa shape index (κ2) is 6.63. The first kappa shape index (κ1) is 14.0. The third kappa shape index (κ3) is 4.86. The molecular weight excluding hydrogens is 236 g/mol. The Morgan fingerprint density at radius 1 is 1.50 bits per heavy atom. The topological polar surface area (TPSA) is 107 Å². The van der Waals surface area contributed by atoms with Crippen LogP contribution in [0.15, 0.2) is 12.5 Å². The molecule has 0 saturated carbocycles. The molecule has 0 fully saturated rings. The van der Waals surface area contributed by atoms with Gasteiger partial charge in [-0.05, 0) is 5.92 Å². The smallest absolute Gasteiger partial charge is 0.326 e. The molecule has 0 aromatic carbocycles. The monoisotopic (exact) mass is 254 g/mol. The SMILES string of the molecule is CC(C)CNC(=O)N[C@@H](Cc1cnc[nH]1)C(=O)O. The second-order valence-electron chi connectivity index (χ2n) is 4.42. The van der Waals surface area contributed by atoms with Crippen molar-refractivity contribution in [2.24, 2.45) is 5.92 Å². The molecule has 1 aromatic rings. The van der Waals surface area contributed by atoms with Crippen molar-refractivity contribution in [3.05, 3.63) is 18.2 Å². The fourth-order valence-corrected chi connectivity index (χ4v) is 1.32. The summed E-state index contributed by atoms with van der Waals surface area (Å²) in [7, 11) is 0. The number of aromatic nitrogens is 2. The fourth-order valence-electron chi connectivity index (χ4n) is 1.32. The average molecular weight is 254 g/mol. The summed E-state index contributed by atoms with van der Waals surface area (Å²) < 4.78 is 0. The molecule has 7 heteroatoms. The van der Waals surface area contributed by atoms with E-state index in [1.165, 1.54) is 12.5 Å². The van der Waals surface area contributed by atoms with Crippen molar-refractivity contribution in [2.75, 3.05) is 6.54 Å². The number of rotatable bonds is 6. The van der Waals surface area contributed by atoms with E-state index in [0.29, 0.717) is 18.2 Å². The van der Waals surface area contributed by atoms with Gasteiger partial charge in [0.15, 0.2) is 0 Å². The Morgan fingerprint density at radius 2 is 2.22 bits per heavy atom. The zero-order chi connectivity index (χ0) is 13.5. The molecule has 7 nitrogen and oxygen atoms in total. The maximum atomic E-state index is 11.5. The molecule has 18 heavy (non-hydrogen) atoms. The molecule has 1 heterocycles. The number of nitrogens with one attached hydrogen (secondary N) is 3. The van der Waals surface area contributed by atoms with Crippen molar-refractivity contribution in [2.45, 2.75) is 26.3 Å². The highest BCUT2D eigenvalue weighted by molar-refractivity contribution is 5.82. The lowest BCUT2D eigenvalue weighted by Crippen LogP contribution is -2.47. The highest BCUT2D eigenvalue weighted by atomic mass is 16.4. The minimum atomic E-state index is -1.08. The Labute approximate surface area is 105 Å². The first-order valence-electron chi connectivity index (χ1n) is 5.73. The Bertz CT molecular complexity index is 389. The molecule has 1 rings (SSSR count). The predicted molar refractivity (Wildman–Crippen MR) is 65.1 cm³/mol. The number of carbonyl (C=O) groups excluding carboxylic acids is 1. The zero-order valence-electron chi connectivity index (χ0n) is 10.4. The van der Waals surface area contributed by atoms with Gasteiger partial charge in [-0.25, -0.2) is 14.6 Å². The van der Waals surface area contributed by atoms with Crippen LogP contribution in [0.25, 0.3) is 0 Å². The molecule has 0 unspecified atom stereocenters. The van der Waals surface area contributed by atoms with Gasteiger partial charge in [0.25, 0.3) is 0 Å². The minimum Gasteiger partial charge on any atom is -0.480 e. The van der Waals surface area contributed by atoms with Crippen molar-refractivity contribution < 1.29 is 14.7 Å². The third-order valence-corrected chi connectivity index (χ3v) is 2.25. The van der Waals surface area contributed by atoms with Crippen molar-refractivity contribution >= 4 is 12.0 Å². The van der Waals surface area contributed by atoms with Gasteiger partial charge in [-0.3, -0.25) is 0 Å². The lowest BCUT2D eigenvalue weighted by molar-refractivity contribution is -0.139. The molecule has 1 aromatic heterocycles. The number of amides is 2. The van der Waals surface area contributed by atoms with E-state index in [0.717, 1.165) is 0 Å². The van der Waals surface area contributed by atoms with Crippen LogP contribution < -0.4 is 10.6 Å². The van der Waals surface area contributed by atoms with Gasteiger partial charge in [0.1, 0.15) is 6.04 Å². The van der Waals surface area contributed by atoms with Crippen LogP contribution in [0.2, 0.25) is 0 Å². The number of carboxylic acids is 1. The van der Waals surface area contributed by atoms with E-state index < -0.39 is 18.0 Å². The van der Waals surface area contributed by atoms with Crippen molar-refractivity contribution in [1.82, 2.24) is 20.6 Å². The largest absolute Gasteiger partial charge is 0.480 e. The van der Waals surface area contributed by atoms with Crippen LogP contribution in [-0.2, 0) is 11.2 Å². The number of aromatic amines is 1. The van der Waals surface area contributed by atoms with E-state index in [1.54, 1.807) is 0 Å². The van der Waals surface area contributed by atoms with Crippen LogP contribution in [0.5, 0.6) is 0 Å². The van der Waals surface area contributed by atoms with Gasteiger partial charge in [-0.1, -0.05) is 13.8 Å². The van der Waals surface area contributed by atoms with Crippen molar-refractivity contribution in [3.63, 3.8) is 0 Å². The summed E-state index contributed by atoms with van der Waals surface area (Å²) in [6.45, 7) is 4.42. The summed E-state index contributed by atoms with van der Waals surface area (Å²) in [5, 5.41) is 14.0. The number of carbonyl (C=O) groups is 2. The zero-order valence-corrected chi connectivity index (χ0v) is 10.4. The first-order chi connectivity index (χ1) is 8.49. The predicted octanol–water partition coefficient (Wildman–Crippen LogP) is 0.361. The van der Waals surface area contributed by atoms with Crippen LogP contribution >= 0.6 is 0 Å². The molecule has 0 saturated heterocycles. The van der Waals surface area contributed by atoms with Crippen molar-refractivity contribution in [1.29, 1.82) is 0 Å². The number of nitrogens with zero attached hydrogens (tertiary/aromatic N) is 1. The highest BCUT2D eigenvalue weighted by Crippen LogP contribution is 1.99. The van der Waals surface area contributed by atoms with Gasteiger partial charge >= 0.3 is 12.0 Å². The van der Waals surface area contributed by atoms with Crippen molar-refractivity contribution in [3.8, 4) is 0 Å². The van der Waals surface area contributed by atoms with Crippen LogP contribution in [0.1, 0.15) is 19.5 Å². The molecule has 0 spiro atoms. The van der Waals surface area contributed by atoms with Gasteiger partial charge in [-0.2, -0.15) is 0 Å². The van der Waals surface area contributed by atoms with Gasteiger partial charge in [-0.15, -0.1) is 0 Å². The van der Waals surface area contributed by atoms with E-state index in [1.807, 2.05) is 13.8 Å². The van der Waals surface area contributed by atoms with E-state index in [2.05, 4.69) is 20.6 Å². The molecule has 100 valence electrons. The molecular formula is C11H18N4O3. The summed E-state index contributed by atoms with van der Waals surface area (Å²) in [6.07, 6.45) is 3.17. The molecule has 2 amide bonds. The van der Waals surface area contributed by atoms with E-state index in [-0.39, 0.29) is 6.42 Å². The summed E-state index contributed by atoms with van der Waals surface area (Å²) in [5.74, 6) is -0.768. The second-order valence-corrected chi connectivity index (χ2v) is 4.42. The number of imidazole rings is 1. The summed E-state index contributed by atoms with van der Waals surface area (Å²) in [5.41, 5.74) is 0.659. The first-order valence-corrected chi connectivity index (χ1v) is 5.73. The average Bonchev–Trinajstić information content (AvgIpc) is 2.78. The van der Waals surface area contributed by atoms with Gasteiger partial charge in [0.2, 0.25) is 0 Å². The van der Waals surface area contributed by atoms with Crippen LogP contribution in [0.3, 0.4) is 0 Å². The number of urea groups is 1. The Hall–Kier alpha value is -2.05. The summed E-state index contributed by atoms with van der Waals surface area (Å²) in [4.78, 5) is 29.1. The van der Waals surface area contributed by atoms with Crippen LogP contribution in [0, 0.1) is 5.92 Å². The highest BCUT2D eigenvalue weighted by Gasteiger charge is 2.20. The standard InChI is InChI=1S/C11H18N4O3/c1-7(2)4-13-11(18)15-9(10(16)17)3-8-5-12-6-14-8/h5-7,9H,3-4H2,1-2H3,(H,12,14)(H,16,17)(H2,13,15,18)/t9-/m0/s1. The minimum absolute atomic E-state index is 0.171. The fraction of sp³-hybridized carbons (Fsp3) is 0.545. The molecule has 0 aliphatic heterocycles. The summed E-state index contributed by atoms with van der Waals surface area (Å²) in [6, 6.07) is -1.45. The Kier molecular flexibility index (Phi) is 5.16. The van der Waals surface area contributed by atoms with Crippen LogP contribution in [-0.4, -0.2) is 39.7 Å². The van der Waals surface area contributed by atoms with Crippen LogP contribution in [0.4, 0.5) is 4.79 Å². The summed E-state index contributed by atoms with van der Waals surface area (Å²) >= 11 is 0. The van der Waals surface area contributed by atoms with E-state index >= 15 is 0 Å². The molecule has 0 aliphatic rings. The normalized spacial score (nSPS) is 12.2. The van der Waals surface area contributed by atoms with E-state index in [4.69, 9.17) is 5.11 Å². The third-order valence-electron chi connectivity index (χ3n) is 2.25. The number of hydrogen-bond donors (Lipinski definition) is 4. The van der Waals surface area contributed by atoms with Gasteiger partial charge in [0, 0.05) is 24.9 Å². The molecule has 1 atom stereocenters. The molecule has 0 radical (unpaired) electrons. The lowest BCUT2D eigenvalue weighted by Gasteiger charge is -2.15. The van der Waals surface area contributed by atoms with Gasteiger partial charge in [0.05, 0.1) is 6.33 Å². The molecule has 0 bridgehead atoms. The number of carboxylic acid groups (broad SMARTS) is 1. The molecule has 0 aliphatic carbocycles. The van der Waals surface area contributed by atoms with Gasteiger partial charge < -0.3 is 20.7 Å². The number of aliphatic carboxylic acids is 1.